The lowest BCUT2D eigenvalue weighted by Crippen LogP contribution is -2.16. The molecule has 0 spiro atoms. The summed E-state index contributed by atoms with van der Waals surface area (Å²) in [7, 11) is 0. The van der Waals surface area contributed by atoms with E-state index in [4.69, 9.17) is 0 Å². The number of fused-ring (bicyclic) bond motifs is 2. The van der Waals surface area contributed by atoms with E-state index in [-0.39, 0.29) is 40.4 Å². The van der Waals surface area contributed by atoms with Crippen molar-refractivity contribution in [2.75, 3.05) is 0 Å². The highest BCUT2D eigenvalue weighted by molar-refractivity contribution is 6.17. The first-order chi connectivity index (χ1) is 10.0. The van der Waals surface area contributed by atoms with Gasteiger partial charge in [-0.1, -0.05) is 25.1 Å². The summed E-state index contributed by atoms with van der Waals surface area (Å²) < 4.78 is 0. The van der Waals surface area contributed by atoms with Gasteiger partial charge >= 0.3 is 0 Å². The molecule has 0 radical (unpaired) electrons. The van der Waals surface area contributed by atoms with E-state index in [1.165, 1.54) is 6.07 Å². The molecule has 2 aromatic rings. The maximum atomic E-state index is 12.6. The minimum absolute atomic E-state index is 0.102. The summed E-state index contributed by atoms with van der Waals surface area (Å²) in [5.41, 5.74) is 1.89. The number of aromatic hydroxyl groups is 2. The minimum Gasteiger partial charge on any atom is -0.507 e. The van der Waals surface area contributed by atoms with Crippen LogP contribution in [-0.2, 0) is 6.42 Å². The largest absolute Gasteiger partial charge is 0.507 e. The topological polar surface area (TPSA) is 74.6 Å². The van der Waals surface area contributed by atoms with Crippen LogP contribution in [0.15, 0.2) is 30.3 Å². The van der Waals surface area contributed by atoms with Gasteiger partial charge in [-0.2, -0.15) is 0 Å². The zero-order valence-corrected chi connectivity index (χ0v) is 11.5. The second-order valence-corrected chi connectivity index (χ2v) is 5.09. The molecule has 0 fully saturated rings. The van der Waals surface area contributed by atoms with E-state index >= 15 is 0 Å². The maximum absolute atomic E-state index is 12.6. The molecule has 21 heavy (non-hydrogen) atoms. The summed E-state index contributed by atoms with van der Waals surface area (Å²) in [6, 6.07) is 8.16. The van der Waals surface area contributed by atoms with Crippen LogP contribution >= 0.6 is 0 Å². The van der Waals surface area contributed by atoms with Crippen LogP contribution in [0.2, 0.25) is 0 Å². The van der Waals surface area contributed by atoms with Gasteiger partial charge < -0.3 is 10.2 Å². The molecule has 0 atom stereocenters. The minimum atomic E-state index is -0.437. The van der Waals surface area contributed by atoms with Crippen molar-refractivity contribution in [3.05, 3.63) is 58.1 Å². The van der Waals surface area contributed by atoms with Gasteiger partial charge in [-0.3, -0.25) is 9.59 Å². The predicted octanol–water partition coefficient (Wildman–Crippen LogP) is 2.83. The summed E-state index contributed by atoms with van der Waals surface area (Å²) in [6.45, 7) is 1.70. The SMILES string of the molecule is CCC(=O)c1ccc2c(c1O)C(=O)c1c(O)cccc1C2. The van der Waals surface area contributed by atoms with E-state index in [1.54, 1.807) is 31.2 Å². The van der Waals surface area contributed by atoms with Crippen LogP contribution < -0.4 is 0 Å². The van der Waals surface area contributed by atoms with Crippen molar-refractivity contribution in [2.45, 2.75) is 19.8 Å². The molecular formula is C17H14O4. The Morgan fingerprint density at radius 1 is 1.10 bits per heavy atom. The Balaban J connectivity index is 2.23. The van der Waals surface area contributed by atoms with Crippen molar-refractivity contribution in [1.82, 2.24) is 0 Å². The average molecular weight is 282 g/mol. The fourth-order valence-corrected chi connectivity index (χ4v) is 2.78. The molecule has 0 saturated carbocycles. The van der Waals surface area contributed by atoms with Crippen molar-refractivity contribution in [3.8, 4) is 11.5 Å². The third kappa shape index (κ3) is 1.91. The molecule has 106 valence electrons. The number of hydrogen-bond donors (Lipinski definition) is 2. The highest BCUT2D eigenvalue weighted by atomic mass is 16.3. The molecule has 0 amide bonds. The Morgan fingerprint density at radius 2 is 1.81 bits per heavy atom. The number of carbonyl (C=O) groups is 2. The summed E-state index contributed by atoms with van der Waals surface area (Å²) in [5, 5.41) is 20.2. The van der Waals surface area contributed by atoms with Gasteiger partial charge in [-0.25, -0.2) is 0 Å². The standard InChI is InChI=1S/C17H14O4/c1-2-12(18)11-7-6-10-8-9-4-3-5-13(19)14(9)17(21)15(10)16(11)20/h3-7,19-20H,2,8H2,1H3. The van der Waals surface area contributed by atoms with Crippen LogP contribution in [0.1, 0.15) is 50.8 Å². The monoisotopic (exact) mass is 282 g/mol. The van der Waals surface area contributed by atoms with Gasteiger partial charge in [-0.05, 0) is 29.7 Å². The molecule has 0 heterocycles. The molecule has 4 heteroatoms. The number of rotatable bonds is 2. The fraction of sp³-hybridized carbons (Fsp3) is 0.176. The first kappa shape index (κ1) is 13.4. The molecule has 0 bridgehead atoms. The van der Waals surface area contributed by atoms with Gasteiger partial charge in [-0.15, -0.1) is 0 Å². The lowest BCUT2D eigenvalue weighted by atomic mass is 9.82. The van der Waals surface area contributed by atoms with Gasteiger partial charge in [0.1, 0.15) is 11.5 Å². The predicted molar refractivity (Wildman–Crippen MR) is 77.1 cm³/mol. The molecule has 3 rings (SSSR count). The highest BCUT2D eigenvalue weighted by Crippen LogP contribution is 2.38. The zero-order valence-electron chi connectivity index (χ0n) is 11.5. The third-order valence-electron chi connectivity index (χ3n) is 3.85. The normalized spacial score (nSPS) is 12.7. The van der Waals surface area contributed by atoms with Crippen molar-refractivity contribution >= 4 is 11.6 Å². The molecule has 0 aromatic heterocycles. The van der Waals surface area contributed by atoms with Gasteiger partial charge in [0, 0.05) is 6.42 Å². The summed E-state index contributed by atoms with van der Waals surface area (Å²) >= 11 is 0. The molecule has 4 nitrogen and oxygen atoms in total. The second-order valence-electron chi connectivity index (χ2n) is 5.09. The molecule has 2 N–H and O–H groups in total. The molecule has 0 saturated heterocycles. The number of benzene rings is 2. The number of phenolic OH excluding ortho intramolecular Hbond substituents is 2. The average Bonchev–Trinajstić information content (AvgIpc) is 2.46. The molecule has 2 aromatic carbocycles. The van der Waals surface area contributed by atoms with Gasteiger partial charge in [0.25, 0.3) is 0 Å². The number of Topliss-reactive ketones (excluding diaryl/α,β-unsaturated/α-hetero) is 1. The molecular weight excluding hydrogens is 268 g/mol. The second kappa shape index (κ2) is 4.74. The smallest absolute Gasteiger partial charge is 0.201 e. The van der Waals surface area contributed by atoms with Crippen molar-refractivity contribution in [2.24, 2.45) is 0 Å². The first-order valence-electron chi connectivity index (χ1n) is 6.78. The van der Waals surface area contributed by atoms with E-state index in [0.29, 0.717) is 12.0 Å². The van der Waals surface area contributed by atoms with E-state index < -0.39 is 5.78 Å². The summed E-state index contributed by atoms with van der Waals surface area (Å²) in [5.74, 6) is -1.04. The van der Waals surface area contributed by atoms with E-state index in [1.807, 2.05) is 0 Å². The van der Waals surface area contributed by atoms with Gasteiger partial charge in [0.2, 0.25) is 5.78 Å². The first-order valence-corrected chi connectivity index (χ1v) is 6.78. The molecule has 0 aliphatic heterocycles. The van der Waals surface area contributed by atoms with Gasteiger partial charge in [0.15, 0.2) is 5.78 Å². The van der Waals surface area contributed by atoms with Gasteiger partial charge in [0.05, 0.1) is 16.7 Å². The zero-order chi connectivity index (χ0) is 15.1. The van der Waals surface area contributed by atoms with Crippen LogP contribution in [0, 0.1) is 0 Å². The number of carbonyl (C=O) groups excluding carboxylic acids is 2. The lowest BCUT2D eigenvalue weighted by Gasteiger charge is -2.21. The van der Waals surface area contributed by atoms with Crippen LogP contribution in [-0.4, -0.2) is 21.8 Å². The van der Waals surface area contributed by atoms with E-state index in [0.717, 1.165) is 5.56 Å². The van der Waals surface area contributed by atoms with Crippen LogP contribution in [0.25, 0.3) is 0 Å². The Labute approximate surface area is 121 Å². The third-order valence-corrected chi connectivity index (χ3v) is 3.85. The maximum Gasteiger partial charge on any atom is 0.201 e. The van der Waals surface area contributed by atoms with Crippen molar-refractivity contribution < 1.29 is 19.8 Å². The van der Waals surface area contributed by atoms with E-state index in [9.17, 15) is 19.8 Å². The van der Waals surface area contributed by atoms with Crippen molar-refractivity contribution in [3.63, 3.8) is 0 Å². The Bertz CT molecular complexity index is 775. The Hall–Kier alpha value is -2.62. The molecule has 1 aliphatic carbocycles. The number of ketones is 2. The fourth-order valence-electron chi connectivity index (χ4n) is 2.78. The Morgan fingerprint density at radius 3 is 2.52 bits per heavy atom. The molecule has 1 aliphatic rings. The Kier molecular flexibility index (Phi) is 3.01. The van der Waals surface area contributed by atoms with Crippen LogP contribution in [0.3, 0.4) is 0 Å². The molecule has 0 unspecified atom stereocenters. The number of hydrogen-bond acceptors (Lipinski definition) is 4. The summed E-state index contributed by atoms with van der Waals surface area (Å²) in [6.07, 6.45) is 0.696. The summed E-state index contributed by atoms with van der Waals surface area (Å²) in [4.78, 5) is 24.4. The lowest BCUT2D eigenvalue weighted by molar-refractivity contribution is 0.0985. The van der Waals surface area contributed by atoms with Crippen molar-refractivity contribution in [1.29, 1.82) is 0 Å². The van der Waals surface area contributed by atoms with Crippen LogP contribution in [0.4, 0.5) is 0 Å². The van der Waals surface area contributed by atoms with Crippen LogP contribution in [0.5, 0.6) is 11.5 Å². The highest BCUT2D eigenvalue weighted by Gasteiger charge is 2.30. The van der Waals surface area contributed by atoms with E-state index in [2.05, 4.69) is 0 Å². The number of phenols is 2. The quantitative estimate of drug-likeness (QED) is 0.709.